The van der Waals surface area contributed by atoms with Crippen molar-refractivity contribution < 1.29 is 13.2 Å². The molecule has 0 saturated carbocycles. The van der Waals surface area contributed by atoms with Crippen LogP contribution in [0.5, 0.6) is 0 Å². The van der Waals surface area contributed by atoms with Crippen LogP contribution in [0.2, 0.25) is 5.15 Å². The number of carbonyl (C=O) groups is 1. The summed E-state index contributed by atoms with van der Waals surface area (Å²) in [6, 6.07) is 3.56. The van der Waals surface area contributed by atoms with Gasteiger partial charge in [0.15, 0.2) is 5.15 Å². The summed E-state index contributed by atoms with van der Waals surface area (Å²) in [6.07, 6.45) is 5.95. The van der Waals surface area contributed by atoms with E-state index in [1.807, 2.05) is 0 Å². The van der Waals surface area contributed by atoms with E-state index in [9.17, 15) is 13.2 Å². The molecule has 0 aliphatic carbocycles. The Morgan fingerprint density at radius 2 is 2.17 bits per heavy atom. The number of aromatic nitrogens is 3. The zero-order valence-corrected chi connectivity index (χ0v) is 14.5. The fourth-order valence-corrected chi connectivity index (χ4v) is 3.47. The van der Waals surface area contributed by atoms with Gasteiger partial charge in [0.25, 0.3) is 0 Å². The first-order chi connectivity index (χ1) is 10.7. The van der Waals surface area contributed by atoms with E-state index >= 15 is 0 Å². The zero-order chi connectivity index (χ0) is 17.2. The van der Waals surface area contributed by atoms with Crippen LogP contribution in [0.1, 0.15) is 6.92 Å². The molecule has 0 bridgehead atoms. The topological polar surface area (TPSA) is 85.2 Å². The molecule has 1 unspecified atom stereocenters. The molecule has 2 rings (SSSR count). The molecule has 9 heteroatoms. The van der Waals surface area contributed by atoms with Crippen LogP contribution in [-0.2, 0) is 14.6 Å². The van der Waals surface area contributed by atoms with Gasteiger partial charge in [-0.3, -0.25) is 9.78 Å². The van der Waals surface area contributed by atoms with E-state index in [0.717, 1.165) is 6.26 Å². The first-order valence-corrected chi connectivity index (χ1v) is 9.24. The van der Waals surface area contributed by atoms with Gasteiger partial charge in [-0.15, -0.1) is 0 Å². The van der Waals surface area contributed by atoms with E-state index in [0.29, 0.717) is 11.4 Å². The molecule has 2 aromatic heterocycles. The molecule has 0 aliphatic rings. The quantitative estimate of drug-likeness (QED) is 0.811. The fourth-order valence-electron chi connectivity index (χ4n) is 2.17. The van der Waals surface area contributed by atoms with Crippen molar-refractivity contribution >= 4 is 33.0 Å². The third-order valence-corrected chi connectivity index (χ3v) is 4.60. The number of nitrogens with zero attached hydrogens (tertiary/aromatic N) is 4. The molecule has 0 fully saturated rings. The van der Waals surface area contributed by atoms with Crippen LogP contribution in [0.25, 0.3) is 5.69 Å². The Morgan fingerprint density at radius 1 is 1.48 bits per heavy atom. The van der Waals surface area contributed by atoms with Crippen LogP contribution in [0.3, 0.4) is 0 Å². The molecule has 0 spiro atoms. The Bertz CT molecular complexity index is 805. The van der Waals surface area contributed by atoms with Gasteiger partial charge in [0.05, 0.1) is 23.8 Å². The fraction of sp³-hybridized carbons (Fsp3) is 0.357. The lowest BCUT2D eigenvalue weighted by Gasteiger charge is -2.19. The number of hydrogen-bond donors (Lipinski definition) is 0. The van der Waals surface area contributed by atoms with Crippen molar-refractivity contribution in [3.05, 3.63) is 35.9 Å². The third kappa shape index (κ3) is 4.29. The van der Waals surface area contributed by atoms with E-state index in [1.54, 1.807) is 37.6 Å². The van der Waals surface area contributed by atoms with E-state index in [1.165, 1.54) is 16.6 Å². The third-order valence-electron chi connectivity index (χ3n) is 3.23. The second-order valence-corrected chi connectivity index (χ2v) is 7.89. The molecule has 2 heterocycles. The molecular weight excluding hydrogens is 340 g/mol. The number of pyridine rings is 1. The molecule has 1 atom stereocenters. The number of halogens is 1. The predicted molar refractivity (Wildman–Crippen MR) is 88.7 cm³/mol. The molecule has 2 aromatic rings. The van der Waals surface area contributed by atoms with Crippen molar-refractivity contribution in [1.82, 2.24) is 14.8 Å². The summed E-state index contributed by atoms with van der Waals surface area (Å²) < 4.78 is 24.2. The molecule has 0 aliphatic heterocycles. The number of rotatable bonds is 5. The van der Waals surface area contributed by atoms with Crippen molar-refractivity contribution in [3.63, 3.8) is 0 Å². The molecule has 124 valence electrons. The lowest BCUT2D eigenvalue weighted by molar-refractivity contribution is -0.121. The highest BCUT2D eigenvalue weighted by atomic mass is 35.5. The van der Waals surface area contributed by atoms with Crippen molar-refractivity contribution in [3.8, 4) is 5.69 Å². The molecule has 0 aromatic carbocycles. The summed E-state index contributed by atoms with van der Waals surface area (Å²) in [5, 5.41) is 4.30. The second-order valence-electron chi connectivity index (χ2n) is 5.35. The molecular formula is C14H17ClN4O3S. The van der Waals surface area contributed by atoms with Gasteiger partial charge in [-0.05, 0) is 12.1 Å². The number of sulfone groups is 1. The molecule has 0 N–H and O–H groups in total. The molecule has 0 saturated heterocycles. The van der Waals surface area contributed by atoms with E-state index in [2.05, 4.69) is 10.1 Å². The number of carbonyl (C=O) groups excluding carboxylic acids is 1. The maximum Gasteiger partial charge on any atom is 0.230 e. The Labute approximate surface area is 139 Å². The van der Waals surface area contributed by atoms with Crippen LogP contribution < -0.4 is 4.90 Å². The summed E-state index contributed by atoms with van der Waals surface area (Å²) >= 11 is 6.11. The second kappa shape index (κ2) is 6.67. The maximum absolute atomic E-state index is 12.4. The van der Waals surface area contributed by atoms with E-state index in [-0.39, 0.29) is 16.8 Å². The largest absolute Gasteiger partial charge is 0.311 e. The smallest absolute Gasteiger partial charge is 0.230 e. The van der Waals surface area contributed by atoms with Crippen LogP contribution in [0, 0.1) is 5.92 Å². The lowest BCUT2D eigenvalue weighted by Crippen LogP contribution is -2.34. The Hall–Kier alpha value is -1.93. The van der Waals surface area contributed by atoms with Crippen molar-refractivity contribution in [2.45, 2.75) is 6.92 Å². The Balaban J connectivity index is 2.25. The highest BCUT2D eigenvalue weighted by molar-refractivity contribution is 7.90. The van der Waals surface area contributed by atoms with Crippen molar-refractivity contribution in [2.24, 2.45) is 5.92 Å². The lowest BCUT2D eigenvalue weighted by atomic mass is 10.2. The first kappa shape index (κ1) is 17.4. The first-order valence-electron chi connectivity index (χ1n) is 6.80. The number of amides is 1. The van der Waals surface area contributed by atoms with Crippen LogP contribution in [0.4, 0.5) is 5.69 Å². The Morgan fingerprint density at radius 3 is 2.74 bits per heavy atom. The highest BCUT2D eigenvalue weighted by Crippen LogP contribution is 2.26. The minimum atomic E-state index is -3.24. The minimum absolute atomic E-state index is 0.149. The van der Waals surface area contributed by atoms with Gasteiger partial charge in [-0.1, -0.05) is 18.5 Å². The standard InChI is InChI=1S/C14H17ClN4O3S/c1-10(9-23(3,21)22)14(20)18(2)12-8-19(17-13(12)15)11-5-4-6-16-7-11/h4-8,10H,9H2,1-3H3. The van der Waals surface area contributed by atoms with E-state index in [4.69, 9.17) is 11.6 Å². The van der Waals surface area contributed by atoms with Crippen LogP contribution in [0.15, 0.2) is 30.7 Å². The van der Waals surface area contributed by atoms with Gasteiger partial charge >= 0.3 is 0 Å². The average molecular weight is 357 g/mol. The van der Waals surface area contributed by atoms with Gasteiger partial charge in [0.1, 0.15) is 15.5 Å². The van der Waals surface area contributed by atoms with Crippen molar-refractivity contribution in [1.29, 1.82) is 0 Å². The van der Waals surface area contributed by atoms with Crippen molar-refractivity contribution in [2.75, 3.05) is 24.0 Å². The Kier molecular flexibility index (Phi) is 5.06. The average Bonchev–Trinajstić information content (AvgIpc) is 2.87. The number of hydrogen-bond acceptors (Lipinski definition) is 5. The maximum atomic E-state index is 12.4. The van der Waals surface area contributed by atoms with Gasteiger partial charge in [-0.25, -0.2) is 13.1 Å². The van der Waals surface area contributed by atoms with Gasteiger partial charge in [0, 0.05) is 25.4 Å². The van der Waals surface area contributed by atoms with Gasteiger partial charge in [-0.2, -0.15) is 5.10 Å². The summed E-state index contributed by atoms with van der Waals surface area (Å²) in [5.74, 6) is -1.24. The number of anilines is 1. The summed E-state index contributed by atoms with van der Waals surface area (Å²) in [6.45, 7) is 1.57. The molecule has 0 radical (unpaired) electrons. The minimum Gasteiger partial charge on any atom is -0.311 e. The highest BCUT2D eigenvalue weighted by Gasteiger charge is 2.25. The van der Waals surface area contributed by atoms with E-state index < -0.39 is 15.8 Å². The summed E-state index contributed by atoms with van der Waals surface area (Å²) in [7, 11) is -1.70. The SMILES string of the molecule is CC(CS(C)(=O)=O)C(=O)N(C)c1cn(-c2cccnc2)nc1Cl. The van der Waals surface area contributed by atoms with Gasteiger partial charge < -0.3 is 4.90 Å². The van der Waals surface area contributed by atoms with Crippen LogP contribution >= 0.6 is 11.6 Å². The molecule has 7 nitrogen and oxygen atoms in total. The summed E-state index contributed by atoms with van der Waals surface area (Å²) in [4.78, 5) is 17.7. The summed E-state index contributed by atoms with van der Waals surface area (Å²) in [5.41, 5.74) is 1.10. The van der Waals surface area contributed by atoms with Crippen LogP contribution in [-0.4, -0.2) is 48.1 Å². The predicted octanol–water partition coefficient (Wildman–Crippen LogP) is 1.56. The monoisotopic (exact) mass is 356 g/mol. The zero-order valence-electron chi connectivity index (χ0n) is 13.0. The van der Waals surface area contributed by atoms with Gasteiger partial charge in [0.2, 0.25) is 5.91 Å². The molecule has 23 heavy (non-hydrogen) atoms. The normalized spacial score (nSPS) is 12.9. The molecule has 1 amide bonds.